The largest absolute Gasteiger partial charge is 0.505 e. The van der Waals surface area contributed by atoms with Crippen molar-refractivity contribution in [3.8, 4) is 11.5 Å². The van der Waals surface area contributed by atoms with E-state index in [2.05, 4.69) is 4.98 Å². The van der Waals surface area contributed by atoms with Gasteiger partial charge in [0, 0.05) is 62.0 Å². The molecule has 43 heavy (non-hydrogen) atoms. The Bertz CT molecular complexity index is 1540. The number of thioether (sulfide) groups is 1. The molecule has 1 fully saturated rings. The molecule has 3 heterocycles. The fourth-order valence-corrected chi connectivity index (χ4v) is 6.61. The summed E-state index contributed by atoms with van der Waals surface area (Å²) < 4.78 is 24.8. The van der Waals surface area contributed by atoms with Gasteiger partial charge in [-0.05, 0) is 50.6 Å². The van der Waals surface area contributed by atoms with Crippen LogP contribution in [0.4, 0.5) is 9.18 Å². The molecule has 0 radical (unpaired) electrons. The van der Waals surface area contributed by atoms with Gasteiger partial charge in [0.2, 0.25) is 5.91 Å². The molecule has 12 heteroatoms. The summed E-state index contributed by atoms with van der Waals surface area (Å²) in [6.45, 7) is 7.21. The molecule has 2 aliphatic heterocycles. The maximum atomic E-state index is 13.8. The number of aromatic hydroxyl groups is 1. The van der Waals surface area contributed by atoms with E-state index in [0.29, 0.717) is 54.2 Å². The molecule has 2 aliphatic rings. The lowest BCUT2D eigenvalue weighted by Gasteiger charge is -2.35. The van der Waals surface area contributed by atoms with Crippen molar-refractivity contribution >= 4 is 40.6 Å². The molecule has 0 aliphatic carbocycles. The van der Waals surface area contributed by atoms with Gasteiger partial charge in [-0.1, -0.05) is 12.1 Å². The van der Waals surface area contributed by atoms with Crippen LogP contribution in [0.1, 0.15) is 54.1 Å². The summed E-state index contributed by atoms with van der Waals surface area (Å²) in [6, 6.07) is 9.40. The van der Waals surface area contributed by atoms with E-state index in [-0.39, 0.29) is 47.6 Å². The quantitative estimate of drug-likeness (QED) is 0.400. The summed E-state index contributed by atoms with van der Waals surface area (Å²) in [5, 5.41) is 11.2. The van der Waals surface area contributed by atoms with Crippen LogP contribution in [0.5, 0.6) is 11.5 Å². The molecule has 2 aromatic carbocycles. The number of piperazine rings is 1. The number of ether oxygens (including phenoxy) is 2. The number of fused-ring (bicyclic) bond motifs is 2. The first-order chi connectivity index (χ1) is 20.5. The number of nitrogens with zero attached hydrogens (tertiary/aromatic N) is 4. The SMILES string of the molecule is COc1c2c(c(O)c3ncccc13)C(=O)N(Cc1ccc(F)cc1)C2SCCC(=O)N1CCN(C(=O)OC(C)(C)C)CC1. The topological polar surface area (TPSA) is 113 Å². The molecule has 228 valence electrons. The maximum Gasteiger partial charge on any atom is 0.410 e. The highest BCUT2D eigenvalue weighted by molar-refractivity contribution is 7.99. The second kappa shape index (κ2) is 12.3. The Labute approximate surface area is 253 Å². The predicted octanol–water partition coefficient (Wildman–Crippen LogP) is 4.95. The van der Waals surface area contributed by atoms with Crippen LogP contribution in [0.25, 0.3) is 10.9 Å². The highest BCUT2D eigenvalue weighted by Crippen LogP contribution is 2.52. The zero-order valence-corrected chi connectivity index (χ0v) is 25.4. The summed E-state index contributed by atoms with van der Waals surface area (Å²) in [5.41, 5.74) is 1.03. The van der Waals surface area contributed by atoms with E-state index >= 15 is 0 Å². The number of phenolic OH excluding ortho intramolecular Hbond substituents is 1. The highest BCUT2D eigenvalue weighted by Gasteiger charge is 2.43. The van der Waals surface area contributed by atoms with Gasteiger partial charge in [-0.3, -0.25) is 14.6 Å². The third-order valence-corrected chi connectivity index (χ3v) is 8.62. The molecule has 5 rings (SSSR count). The molecule has 1 saturated heterocycles. The van der Waals surface area contributed by atoms with Crippen LogP contribution < -0.4 is 4.74 Å². The number of rotatable bonds is 7. The summed E-state index contributed by atoms with van der Waals surface area (Å²) in [4.78, 5) is 48.6. The van der Waals surface area contributed by atoms with Crippen molar-refractivity contribution in [1.82, 2.24) is 19.7 Å². The molecule has 10 nitrogen and oxygen atoms in total. The monoisotopic (exact) mass is 610 g/mol. The molecule has 1 aromatic heterocycles. The molecule has 3 aromatic rings. The molecule has 1 unspecified atom stereocenters. The van der Waals surface area contributed by atoms with Crippen LogP contribution in [0, 0.1) is 5.82 Å². The van der Waals surface area contributed by atoms with Crippen molar-refractivity contribution in [2.24, 2.45) is 0 Å². The van der Waals surface area contributed by atoms with Gasteiger partial charge < -0.3 is 29.3 Å². The zero-order valence-electron chi connectivity index (χ0n) is 24.6. The molecule has 0 saturated carbocycles. The maximum absolute atomic E-state index is 13.8. The van der Waals surface area contributed by atoms with E-state index in [4.69, 9.17) is 9.47 Å². The van der Waals surface area contributed by atoms with E-state index < -0.39 is 16.9 Å². The van der Waals surface area contributed by atoms with Crippen LogP contribution in [-0.4, -0.2) is 87.3 Å². The number of pyridine rings is 1. The number of methoxy groups -OCH3 is 1. The molecular weight excluding hydrogens is 575 g/mol. The lowest BCUT2D eigenvalue weighted by Crippen LogP contribution is -2.51. The zero-order chi connectivity index (χ0) is 30.9. The molecule has 1 N–H and O–H groups in total. The van der Waals surface area contributed by atoms with E-state index in [1.807, 2.05) is 20.8 Å². The van der Waals surface area contributed by atoms with Crippen LogP contribution in [0.2, 0.25) is 0 Å². The third-order valence-electron chi connectivity index (χ3n) is 7.38. The Morgan fingerprint density at radius 3 is 2.42 bits per heavy atom. The average molecular weight is 611 g/mol. The van der Waals surface area contributed by atoms with Gasteiger partial charge in [0.15, 0.2) is 5.75 Å². The Hall–Kier alpha value is -4.06. The fourth-order valence-electron chi connectivity index (χ4n) is 5.36. The van der Waals surface area contributed by atoms with Gasteiger partial charge in [-0.25, -0.2) is 9.18 Å². The average Bonchev–Trinajstić information content (AvgIpc) is 3.24. The second-order valence-corrected chi connectivity index (χ2v) is 12.6. The van der Waals surface area contributed by atoms with Crippen molar-refractivity contribution in [3.05, 3.63) is 65.1 Å². The summed E-state index contributed by atoms with van der Waals surface area (Å²) in [5.74, 6) is -0.228. The minimum absolute atomic E-state index is 0.0523. The van der Waals surface area contributed by atoms with Gasteiger partial charge in [0.1, 0.15) is 28.1 Å². The van der Waals surface area contributed by atoms with Crippen molar-refractivity contribution in [3.63, 3.8) is 0 Å². The molecule has 0 bridgehead atoms. The Balaban J connectivity index is 1.33. The Kier molecular flexibility index (Phi) is 8.68. The number of carbonyl (C=O) groups is 3. The lowest BCUT2D eigenvalue weighted by atomic mass is 10.0. The van der Waals surface area contributed by atoms with Gasteiger partial charge in [-0.2, -0.15) is 0 Å². The van der Waals surface area contributed by atoms with E-state index in [9.17, 15) is 23.9 Å². The van der Waals surface area contributed by atoms with E-state index in [0.717, 1.165) is 0 Å². The predicted molar refractivity (Wildman–Crippen MR) is 160 cm³/mol. The smallest absolute Gasteiger partial charge is 0.410 e. The minimum atomic E-state index is -0.589. The fraction of sp³-hybridized carbons (Fsp3) is 0.419. The number of amides is 3. The van der Waals surface area contributed by atoms with E-state index in [1.54, 1.807) is 39.0 Å². The Morgan fingerprint density at radius 1 is 1.09 bits per heavy atom. The number of halogens is 1. The van der Waals surface area contributed by atoms with Crippen LogP contribution in [-0.2, 0) is 16.1 Å². The first kappa shape index (κ1) is 30.4. The Morgan fingerprint density at radius 2 is 1.77 bits per heavy atom. The first-order valence-electron chi connectivity index (χ1n) is 14.1. The molecular formula is C31H35FN4O6S. The van der Waals surface area contributed by atoms with Crippen molar-refractivity contribution in [2.45, 2.75) is 44.7 Å². The van der Waals surface area contributed by atoms with Crippen molar-refractivity contribution < 1.29 is 33.4 Å². The summed E-state index contributed by atoms with van der Waals surface area (Å²) >= 11 is 1.40. The molecule has 1 atom stereocenters. The van der Waals surface area contributed by atoms with Crippen LogP contribution in [0.15, 0.2) is 42.6 Å². The van der Waals surface area contributed by atoms with Crippen molar-refractivity contribution in [2.75, 3.05) is 39.0 Å². The number of benzene rings is 2. The van der Waals surface area contributed by atoms with E-state index in [1.165, 1.54) is 37.2 Å². The van der Waals surface area contributed by atoms with Crippen molar-refractivity contribution in [1.29, 1.82) is 0 Å². The summed E-state index contributed by atoms with van der Waals surface area (Å²) in [6.07, 6.45) is 1.36. The number of hydrogen-bond acceptors (Lipinski definition) is 8. The first-order valence-corrected chi connectivity index (χ1v) is 15.1. The standard InChI is InChI=1S/C31H35FN4O6S/c1-31(2,3)42-30(40)35-15-13-34(14-16-35)22(37)11-17-43-29-24-23(26(38)25-21(27(24)41-4)6-5-12-33-25)28(39)36(29)18-19-7-9-20(32)10-8-19/h5-10,12,29,38H,11,13-18H2,1-4H3. The summed E-state index contributed by atoms with van der Waals surface area (Å²) in [7, 11) is 1.51. The lowest BCUT2D eigenvalue weighted by molar-refractivity contribution is -0.132. The van der Waals surface area contributed by atoms with Crippen LogP contribution in [0.3, 0.4) is 0 Å². The van der Waals surface area contributed by atoms with Gasteiger partial charge in [0.05, 0.1) is 12.7 Å². The number of phenols is 1. The minimum Gasteiger partial charge on any atom is -0.505 e. The second-order valence-electron chi connectivity index (χ2n) is 11.5. The highest BCUT2D eigenvalue weighted by atomic mass is 32.2. The molecule has 0 spiro atoms. The number of carbonyl (C=O) groups excluding carboxylic acids is 3. The van der Waals surface area contributed by atoms with Gasteiger partial charge >= 0.3 is 6.09 Å². The van der Waals surface area contributed by atoms with Crippen LogP contribution >= 0.6 is 11.8 Å². The molecule has 3 amide bonds. The normalized spacial score (nSPS) is 16.9. The van der Waals surface area contributed by atoms with Gasteiger partial charge in [-0.15, -0.1) is 11.8 Å². The third kappa shape index (κ3) is 6.34. The number of aromatic nitrogens is 1. The number of hydrogen-bond donors (Lipinski definition) is 1. The van der Waals surface area contributed by atoms with Gasteiger partial charge in [0.25, 0.3) is 5.91 Å².